The number of hydrogen-bond acceptors (Lipinski definition) is 5. The molecule has 1 N–H and O–H groups in total. The van der Waals surface area contributed by atoms with Crippen LogP contribution in [0.25, 0.3) is 0 Å². The molecule has 0 spiro atoms. The highest BCUT2D eigenvalue weighted by Crippen LogP contribution is 2.28. The summed E-state index contributed by atoms with van der Waals surface area (Å²) >= 11 is 3.54. The van der Waals surface area contributed by atoms with Crippen LogP contribution in [-0.4, -0.2) is 41.0 Å². The number of rotatable bonds is 5. The predicted octanol–water partition coefficient (Wildman–Crippen LogP) is 3.30. The summed E-state index contributed by atoms with van der Waals surface area (Å²) in [5, 5.41) is 3.28. The highest BCUT2D eigenvalue weighted by Gasteiger charge is 2.16. The van der Waals surface area contributed by atoms with Crippen LogP contribution in [0.2, 0.25) is 0 Å². The van der Waals surface area contributed by atoms with Gasteiger partial charge in [0.1, 0.15) is 0 Å². The lowest BCUT2D eigenvalue weighted by Gasteiger charge is -2.31. The van der Waals surface area contributed by atoms with E-state index in [1.165, 1.54) is 6.26 Å². The molecule has 0 radical (unpaired) electrons. The minimum Gasteiger partial charge on any atom is -0.380 e. The first-order chi connectivity index (χ1) is 11.9. The lowest BCUT2D eigenvalue weighted by Crippen LogP contribution is -2.36. The Morgan fingerprint density at radius 2 is 1.88 bits per heavy atom. The largest absolute Gasteiger partial charge is 0.380 e. The van der Waals surface area contributed by atoms with Gasteiger partial charge in [0.15, 0.2) is 9.84 Å². The van der Waals surface area contributed by atoms with Crippen molar-refractivity contribution in [2.75, 3.05) is 42.8 Å². The van der Waals surface area contributed by atoms with E-state index in [-0.39, 0.29) is 0 Å². The maximum absolute atomic E-state index is 12.0. The highest BCUT2D eigenvalue weighted by atomic mass is 79.9. The quantitative estimate of drug-likeness (QED) is 0.797. The third-order valence-electron chi connectivity index (χ3n) is 4.15. The van der Waals surface area contributed by atoms with Crippen LogP contribution < -0.4 is 10.2 Å². The van der Waals surface area contributed by atoms with Gasteiger partial charge in [-0.1, -0.05) is 34.1 Å². The van der Waals surface area contributed by atoms with Crippen molar-refractivity contribution in [1.82, 2.24) is 0 Å². The molecule has 0 aliphatic carbocycles. The average molecular weight is 425 g/mol. The summed E-state index contributed by atoms with van der Waals surface area (Å²) < 4.78 is 30.4. The van der Waals surface area contributed by atoms with E-state index in [1.807, 2.05) is 12.1 Å². The molecule has 0 saturated carbocycles. The first-order valence-corrected chi connectivity index (χ1v) is 10.8. The first kappa shape index (κ1) is 18.2. The van der Waals surface area contributed by atoms with Gasteiger partial charge in [-0.15, -0.1) is 0 Å². The monoisotopic (exact) mass is 424 g/mol. The van der Waals surface area contributed by atoms with Gasteiger partial charge in [0.05, 0.1) is 23.8 Å². The second-order valence-corrected chi connectivity index (χ2v) is 8.89. The zero-order valence-electron chi connectivity index (χ0n) is 14.0. The van der Waals surface area contributed by atoms with Gasteiger partial charge in [0, 0.05) is 36.1 Å². The van der Waals surface area contributed by atoms with Gasteiger partial charge in [-0.05, 0) is 29.8 Å². The topological polar surface area (TPSA) is 58.6 Å². The molecule has 1 aliphatic heterocycles. The number of benzene rings is 2. The van der Waals surface area contributed by atoms with Gasteiger partial charge in [0.2, 0.25) is 0 Å². The number of anilines is 2. The molecule has 1 heterocycles. The van der Waals surface area contributed by atoms with Gasteiger partial charge in [-0.3, -0.25) is 0 Å². The normalized spacial score (nSPS) is 15.2. The summed E-state index contributed by atoms with van der Waals surface area (Å²) in [6, 6.07) is 13.2. The van der Waals surface area contributed by atoms with E-state index < -0.39 is 9.84 Å². The van der Waals surface area contributed by atoms with Crippen molar-refractivity contribution in [2.45, 2.75) is 11.4 Å². The fraction of sp³-hybridized carbons (Fsp3) is 0.333. The predicted molar refractivity (Wildman–Crippen MR) is 104 cm³/mol. The lowest BCUT2D eigenvalue weighted by atomic mass is 10.1. The van der Waals surface area contributed by atoms with E-state index in [4.69, 9.17) is 4.74 Å². The summed E-state index contributed by atoms with van der Waals surface area (Å²) in [6.45, 7) is 3.69. The van der Waals surface area contributed by atoms with Crippen molar-refractivity contribution < 1.29 is 13.2 Å². The zero-order valence-corrected chi connectivity index (χ0v) is 16.4. The molecule has 7 heteroatoms. The summed E-state index contributed by atoms with van der Waals surface area (Å²) in [5.41, 5.74) is 2.89. The van der Waals surface area contributed by atoms with Crippen molar-refractivity contribution in [3.05, 3.63) is 52.5 Å². The van der Waals surface area contributed by atoms with Crippen molar-refractivity contribution in [3.63, 3.8) is 0 Å². The fourth-order valence-electron chi connectivity index (χ4n) is 2.91. The Hall–Kier alpha value is -1.57. The smallest absolute Gasteiger partial charge is 0.177 e. The van der Waals surface area contributed by atoms with E-state index in [2.05, 4.69) is 38.3 Å². The van der Waals surface area contributed by atoms with Crippen LogP contribution >= 0.6 is 15.9 Å². The van der Waals surface area contributed by atoms with Gasteiger partial charge in [-0.25, -0.2) is 8.42 Å². The maximum Gasteiger partial charge on any atom is 0.177 e. The molecular weight excluding hydrogens is 404 g/mol. The number of para-hydroxylation sites is 1. The van der Waals surface area contributed by atoms with Gasteiger partial charge in [-0.2, -0.15) is 0 Å². The molecule has 25 heavy (non-hydrogen) atoms. The number of sulfone groups is 1. The van der Waals surface area contributed by atoms with Crippen LogP contribution in [0.4, 0.5) is 11.4 Å². The third-order valence-corrected chi connectivity index (χ3v) is 5.80. The van der Waals surface area contributed by atoms with E-state index in [0.29, 0.717) is 17.1 Å². The summed E-state index contributed by atoms with van der Waals surface area (Å²) in [7, 11) is -3.27. The highest BCUT2D eigenvalue weighted by molar-refractivity contribution is 9.10. The van der Waals surface area contributed by atoms with Gasteiger partial charge in [0.25, 0.3) is 0 Å². The Morgan fingerprint density at radius 1 is 1.16 bits per heavy atom. The average Bonchev–Trinajstić information content (AvgIpc) is 2.61. The minimum absolute atomic E-state index is 0.319. The Bertz CT molecular complexity index is 849. The molecule has 0 aromatic heterocycles. The first-order valence-electron chi connectivity index (χ1n) is 8.09. The number of ether oxygens (including phenoxy) is 1. The van der Waals surface area contributed by atoms with E-state index in [1.54, 1.807) is 18.2 Å². The fourth-order valence-corrected chi connectivity index (χ4v) is 4.13. The van der Waals surface area contributed by atoms with Crippen LogP contribution in [0.5, 0.6) is 0 Å². The van der Waals surface area contributed by atoms with Crippen LogP contribution in [0.15, 0.2) is 51.8 Å². The lowest BCUT2D eigenvalue weighted by molar-refractivity contribution is 0.122. The number of morpholine rings is 1. The standard InChI is InChI=1S/C18H21BrN2O3S/c1-25(22,23)18-5-3-2-4-16(18)20-13-14-6-7-15(19)12-17(14)21-8-10-24-11-9-21/h2-7,12,20H,8-11,13H2,1H3. The van der Waals surface area contributed by atoms with Crippen LogP contribution in [0.1, 0.15) is 5.56 Å². The second-order valence-electron chi connectivity index (χ2n) is 5.99. The van der Waals surface area contributed by atoms with Crippen molar-refractivity contribution in [2.24, 2.45) is 0 Å². The Labute approximate surface area is 157 Å². The van der Waals surface area contributed by atoms with Gasteiger partial charge >= 0.3 is 0 Å². The van der Waals surface area contributed by atoms with Gasteiger partial charge < -0.3 is 15.0 Å². The molecular formula is C18H21BrN2O3S. The molecule has 3 rings (SSSR count). The number of halogens is 1. The molecule has 5 nitrogen and oxygen atoms in total. The molecule has 1 fully saturated rings. The molecule has 2 aromatic carbocycles. The Kier molecular flexibility index (Phi) is 5.66. The SMILES string of the molecule is CS(=O)(=O)c1ccccc1NCc1ccc(Br)cc1N1CCOCC1. The summed E-state index contributed by atoms with van der Waals surface area (Å²) in [6.07, 6.45) is 1.23. The molecule has 134 valence electrons. The van der Waals surface area contributed by atoms with Crippen molar-refractivity contribution >= 4 is 37.1 Å². The Balaban J connectivity index is 1.85. The maximum atomic E-state index is 12.0. The van der Waals surface area contributed by atoms with Crippen molar-refractivity contribution in [3.8, 4) is 0 Å². The molecule has 0 unspecified atom stereocenters. The summed E-state index contributed by atoms with van der Waals surface area (Å²) in [5.74, 6) is 0. The molecule has 1 saturated heterocycles. The third kappa shape index (κ3) is 4.54. The van der Waals surface area contributed by atoms with Crippen LogP contribution in [0, 0.1) is 0 Å². The van der Waals surface area contributed by atoms with Crippen molar-refractivity contribution in [1.29, 1.82) is 0 Å². The Morgan fingerprint density at radius 3 is 2.60 bits per heavy atom. The molecule has 1 aliphatic rings. The molecule has 2 aromatic rings. The van der Waals surface area contributed by atoms with E-state index >= 15 is 0 Å². The minimum atomic E-state index is -3.27. The molecule has 0 atom stereocenters. The summed E-state index contributed by atoms with van der Waals surface area (Å²) in [4.78, 5) is 2.62. The van der Waals surface area contributed by atoms with Crippen LogP contribution in [0.3, 0.4) is 0 Å². The number of nitrogens with one attached hydrogen (secondary N) is 1. The van der Waals surface area contributed by atoms with E-state index in [9.17, 15) is 8.42 Å². The molecule has 0 amide bonds. The number of hydrogen-bond donors (Lipinski definition) is 1. The zero-order chi connectivity index (χ0) is 17.9. The van der Waals surface area contributed by atoms with Crippen LogP contribution in [-0.2, 0) is 21.1 Å². The number of nitrogens with zero attached hydrogens (tertiary/aromatic N) is 1. The van der Waals surface area contributed by atoms with E-state index in [0.717, 1.165) is 42.0 Å². The molecule has 0 bridgehead atoms. The second kappa shape index (κ2) is 7.76.